The van der Waals surface area contributed by atoms with Crippen molar-refractivity contribution in [2.45, 2.75) is 94.1 Å². The van der Waals surface area contributed by atoms with Gasteiger partial charge in [0.05, 0.1) is 37.4 Å². The number of amides is 1. The average molecular weight is 543 g/mol. The number of nitrogens with zero attached hydrogens (tertiary/aromatic N) is 3. The molecule has 9 nitrogen and oxygen atoms in total. The Kier molecular flexibility index (Phi) is 6.98. The molecule has 206 valence electrons. The molecule has 1 amide bonds. The second kappa shape index (κ2) is 9.68. The number of hydrogen-bond donors (Lipinski definition) is 1. The number of nitrogens with one attached hydrogen (secondary N) is 1. The Labute approximate surface area is 216 Å². The zero-order valence-corrected chi connectivity index (χ0v) is 22.3. The minimum absolute atomic E-state index is 0.0692. The van der Waals surface area contributed by atoms with Crippen molar-refractivity contribution in [3.05, 3.63) is 24.0 Å². The Bertz CT molecular complexity index is 1120. The highest BCUT2D eigenvalue weighted by Gasteiger charge is 2.66. The van der Waals surface area contributed by atoms with Gasteiger partial charge in [-0.05, 0) is 63.7 Å². The molecule has 4 aliphatic rings. The summed E-state index contributed by atoms with van der Waals surface area (Å²) in [6.07, 6.45) is 7.09. The topological polar surface area (TPSA) is 111 Å². The van der Waals surface area contributed by atoms with Crippen LogP contribution in [0.15, 0.2) is 12.4 Å². The molecule has 0 spiro atoms. The summed E-state index contributed by atoms with van der Waals surface area (Å²) in [5.74, 6) is 0.887. The predicted molar refractivity (Wildman–Crippen MR) is 130 cm³/mol. The van der Waals surface area contributed by atoms with Crippen molar-refractivity contribution in [2.24, 2.45) is 11.8 Å². The van der Waals surface area contributed by atoms with Gasteiger partial charge in [0.25, 0.3) is 0 Å². The molecule has 5 rings (SSSR count). The fourth-order valence-corrected chi connectivity index (χ4v) is 7.62. The maximum atomic E-state index is 14.4. The maximum absolute atomic E-state index is 14.4. The molecular formula is C25H36F2N4O5S. The molecule has 4 fully saturated rings. The number of alkyl halides is 1. The number of carbonyl (C=O) groups excluding carboxylic acids is 1. The molecule has 0 bridgehead atoms. The number of hydrogen-bond acceptors (Lipinski definition) is 7. The maximum Gasteiger partial charge on any atom is 0.410 e. The standard InChI is InChI=1S/C25H36F2N4O5S/c1-15-9-20(30-37(3,33)34)21(31(15)23(32)36-14-24(27)6-4-7-24)13-35-18-5-8-25(16(2)19(25)10-18)22-28-11-17(26)12-29-22/h11-12,15-16,18-21,30H,4-10,13-14H2,1-3H3/t15-,16?,18+,19?,20+,21+,25-/m1/s1. The van der Waals surface area contributed by atoms with Gasteiger partial charge in [0.1, 0.15) is 18.1 Å². The smallest absolute Gasteiger partial charge is 0.410 e. The molecule has 3 aliphatic carbocycles. The monoisotopic (exact) mass is 542 g/mol. The van der Waals surface area contributed by atoms with Crippen LogP contribution >= 0.6 is 0 Å². The number of carbonyl (C=O) groups is 1. The minimum atomic E-state index is -3.52. The van der Waals surface area contributed by atoms with Gasteiger partial charge in [0.15, 0.2) is 5.82 Å². The fraction of sp³-hybridized carbons (Fsp3) is 0.800. The van der Waals surface area contributed by atoms with Crippen molar-refractivity contribution in [3.8, 4) is 0 Å². The van der Waals surface area contributed by atoms with Crippen LogP contribution in [0.25, 0.3) is 0 Å². The van der Waals surface area contributed by atoms with Gasteiger partial charge in [-0.1, -0.05) is 6.92 Å². The van der Waals surface area contributed by atoms with Gasteiger partial charge in [-0.15, -0.1) is 0 Å². The Balaban J connectivity index is 1.24. The summed E-state index contributed by atoms with van der Waals surface area (Å²) in [6, 6.07) is -1.40. The van der Waals surface area contributed by atoms with Crippen LogP contribution in [-0.2, 0) is 24.9 Å². The number of ether oxygens (including phenoxy) is 2. The lowest BCUT2D eigenvalue weighted by molar-refractivity contribution is -0.0337. The van der Waals surface area contributed by atoms with Gasteiger partial charge in [-0.3, -0.25) is 4.90 Å². The second-order valence-corrected chi connectivity index (χ2v) is 13.3. The van der Waals surface area contributed by atoms with E-state index < -0.39 is 39.7 Å². The summed E-state index contributed by atoms with van der Waals surface area (Å²) in [5, 5.41) is 0. The zero-order chi connectivity index (χ0) is 26.6. The molecule has 37 heavy (non-hydrogen) atoms. The lowest BCUT2D eigenvalue weighted by Gasteiger charge is -2.35. The highest BCUT2D eigenvalue weighted by atomic mass is 32.2. The summed E-state index contributed by atoms with van der Waals surface area (Å²) in [4.78, 5) is 23.0. The van der Waals surface area contributed by atoms with Crippen LogP contribution in [0.3, 0.4) is 0 Å². The van der Waals surface area contributed by atoms with Crippen LogP contribution < -0.4 is 4.72 Å². The van der Waals surface area contributed by atoms with Gasteiger partial charge in [0.2, 0.25) is 10.0 Å². The molecule has 1 aromatic rings. The molecular weight excluding hydrogens is 506 g/mol. The van der Waals surface area contributed by atoms with E-state index >= 15 is 0 Å². The van der Waals surface area contributed by atoms with E-state index in [4.69, 9.17) is 9.47 Å². The first-order valence-corrected chi connectivity index (χ1v) is 15.0. The van der Waals surface area contributed by atoms with Gasteiger partial charge in [-0.25, -0.2) is 36.7 Å². The summed E-state index contributed by atoms with van der Waals surface area (Å²) in [5.41, 5.74) is -1.62. The van der Waals surface area contributed by atoms with Crippen molar-refractivity contribution in [3.63, 3.8) is 0 Å². The molecule has 3 saturated carbocycles. The van der Waals surface area contributed by atoms with Crippen LogP contribution in [0.5, 0.6) is 0 Å². The summed E-state index contributed by atoms with van der Waals surface area (Å²) in [6.45, 7) is 3.83. The predicted octanol–water partition coefficient (Wildman–Crippen LogP) is 3.10. The first-order chi connectivity index (χ1) is 17.4. The first kappa shape index (κ1) is 26.7. The van der Waals surface area contributed by atoms with Crippen LogP contribution in [0.2, 0.25) is 0 Å². The molecule has 1 aliphatic heterocycles. The van der Waals surface area contributed by atoms with Crippen molar-refractivity contribution in [2.75, 3.05) is 19.5 Å². The quantitative estimate of drug-likeness (QED) is 0.537. The number of aromatic nitrogens is 2. The Morgan fingerprint density at radius 3 is 2.51 bits per heavy atom. The molecule has 12 heteroatoms. The Morgan fingerprint density at radius 1 is 1.22 bits per heavy atom. The first-order valence-electron chi connectivity index (χ1n) is 13.1. The Morgan fingerprint density at radius 2 is 1.92 bits per heavy atom. The molecule has 0 radical (unpaired) electrons. The molecule has 2 heterocycles. The van der Waals surface area contributed by atoms with Crippen LogP contribution in [0.4, 0.5) is 13.6 Å². The van der Waals surface area contributed by atoms with Crippen LogP contribution in [0.1, 0.15) is 64.6 Å². The van der Waals surface area contributed by atoms with E-state index in [-0.39, 0.29) is 30.8 Å². The van der Waals surface area contributed by atoms with E-state index in [9.17, 15) is 22.0 Å². The lowest BCUT2D eigenvalue weighted by atomic mass is 9.83. The van der Waals surface area contributed by atoms with Gasteiger partial charge >= 0.3 is 6.09 Å². The zero-order valence-electron chi connectivity index (χ0n) is 21.5. The SMILES string of the molecule is CC1C2C[C@@H](OC[C@H]3[C@@H](NS(C)(=O)=O)C[C@@H](C)N3C(=O)OCC3(F)CCC3)CC[C@@]12c1ncc(F)cn1. The summed E-state index contributed by atoms with van der Waals surface area (Å²) >= 11 is 0. The van der Waals surface area contributed by atoms with Crippen LogP contribution in [0, 0.1) is 17.7 Å². The number of rotatable bonds is 8. The largest absolute Gasteiger partial charge is 0.446 e. The minimum Gasteiger partial charge on any atom is -0.446 e. The summed E-state index contributed by atoms with van der Waals surface area (Å²) in [7, 11) is -3.52. The van der Waals surface area contributed by atoms with Gasteiger partial charge < -0.3 is 9.47 Å². The Hall–Kier alpha value is -1.92. The lowest BCUT2D eigenvalue weighted by Crippen LogP contribution is -2.51. The van der Waals surface area contributed by atoms with E-state index in [0.717, 1.165) is 31.9 Å². The number of halogens is 2. The average Bonchev–Trinajstić information content (AvgIpc) is 3.28. The highest BCUT2D eigenvalue weighted by Crippen LogP contribution is 2.66. The molecule has 7 atom stereocenters. The number of fused-ring (bicyclic) bond motifs is 1. The van der Waals surface area contributed by atoms with E-state index in [1.807, 2.05) is 6.92 Å². The molecule has 0 aromatic carbocycles. The van der Waals surface area contributed by atoms with E-state index in [2.05, 4.69) is 21.6 Å². The van der Waals surface area contributed by atoms with E-state index in [1.165, 1.54) is 17.3 Å². The molecule has 1 saturated heterocycles. The van der Waals surface area contributed by atoms with Crippen molar-refractivity contribution in [1.82, 2.24) is 19.6 Å². The number of sulfonamides is 1. The fourth-order valence-electron chi connectivity index (χ4n) is 6.82. The summed E-state index contributed by atoms with van der Waals surface area (Å²) < 4.78 is 66.1. The molecule has 1 aromatic heterocycles. The number of likely N-dealkylation sites (tertiary alicyclic amines) is 1. The highest BCUT2D eigenvalue weighted by molar-refractivity contribution is 7.88. The normalized spacial score (nSPS) is 36.5. The third-order valence-corrected chi connectivity index (χ3v) is 9.81. The van der Waals surface area contributed by atoms with Crippen molar-refractivity contribution in [1.29, 1.82) is 0 Å². The third kappa shape index (κ3) is 5.21. The van der Waals surface area contributed by atoms with Crippen molar-refractivity contribution < 1.29 is 31.5 Å². The molecule has 2 unspecified atom stereocenters. The molecule has 1 N–H and O–H groups in total. The van der Waals surface area contributed by atoms with E-state index in [0.29, 0.717) is 36.9 Å². The van der Waals surface area contributed by atoms with Crippen molar-refractivity contribution >= 4 is 16.1 Å². The van der Waals surface area contributed by atoms with E-state index in [1.54, 1.807) is 0 Å². The van der Waals surface area contributed by atoms with Crippen LogP contribution in [-0.4, -0.2) is 78.7 Å². The van der Waals surface area contributed by atoms with Gasteiger partial charge in [-0.2, -0.15) is 0 Å². The van der Waals surface area contributed by atoms with Gasteiger partial charge in [0, 0.05) is 17.5 Å². The third-order valence-electron chi connectivity index (χ3n) is 9.08. The second-order valence-electron chi connectivity index (χ2n) is 11.5.